The van der Waals surface area contributed by atoms with E-state index in [1.165, 1.54) is 44.3 Å². The third kappa shape index (κ3) is 4.55. The lowest BCUT2D eigenvalue weighted by Crippen LogP contribution is -2.57. The minimum Gasteiger partial charge on any atom is -0.305 e. The van der Waals surface area contributed by atoms with E-state index in [0.29, 0.717) is 0 Å². The predicted octanol–water partition coefficient (Wildman–Crippen LogP) is 4.02. The van der Waals surface area contributed by atoms with E-state index in [2.05, 4.69) is 61.3 Å². The average molecular weight is 288 g/mol. The van der Waals surface area contributed by atoms with Gasteiger partial charge >= 0.3 is 0 Å². The van der Waals surface area contributed by atoms with Gasteiger partial charge in [0.05, 0.1) is 5.54 Å². The normalized spacial score (nSPS) is 24.9. The van der Waals surface area contributed by atoms with Gasteiger partial charge in [0.25, 0.3) is 0 Å². The molecule has 2 heteroatoms. The Labute approximate surface area is 130 Å². The number of rotatable bonds is 7. The summed E-state index contributed by atoms with van der Waals surface area (Å²) < 4.78 is 0. The summed E-state index contributed by atoms with van der Waals surface area (Å²) in [7, 11) is 0. The van der Waals surface area contributed by atoms with Crippen molar-refractivity contribution in [1.29, 1.82) is 0 Å². The summed E-state index contributed by atoms with van der Waals surface area (Å²) in [6.07, 6.45) is 5.39. The summed E-state index contributed by atoms with van der Waals surface area (Å²) >= 11 is 0. The summed E-state index contributed by atoms with van der Waals surface area (Å²) in [5.41, 5.74) is 1.51. The van der Waals surface area contributed by atoms with Gasteiger partial charge in [0, 0.05) is 26.2 Å². The Morgan fingerprint density at radius 2 is 2.00 bits per heavy atom. The zero-order valence-corrected chi connectivity index (χ0v) is 14.1. The van der Waals surface area contributed by atoms with Crippen LogP contribution in [0, 0.1) is 5.92 Å². The van der Waals surface area contributed by atoms with Crippen molar-refractivity contribution >= 4 is 0 Å². The Kier molecular flexibility index (Phi) is 6.25. The fourth-order valence-electron chi connectivity index (χ4n) is 3.51. The van der Waals surface area contributed by atoms with E-state index in [1.54, 1.807) is 0 Å². The third-order valence-corrected chi connectivity index (χ3v) is 4.95. The van der Waals surface area contributed by atoms with E-state index in [9.17, 15) is 0 Å². The SMILES string of the molecule is CCCCC(CC)CN1CCNC(C)(c2ccccc2)C1. The van der Waals surface area contributed by atoms with Crippen LogP contribution in [0.1, 0.15) is 52.0 Å². The van der Waals surface area contributed by atoms with Crippen LogP contribution in [0.4, 0.5) is 0 Å². The number of nitrogens with zero attached hydrogens (tertiary/aromatic N) is 1. The molecule has 0 saturated carbocycles. The molecule has 1 N–H and O–H groups in total. The van der Waals surface area contributed by atoms with Crippen LogP contribution < -0.4 is 5.32 Å². The fourth-order valence-corrected chi connectivity index (χ4v) is 3.51. The van der Waals surface area contributed by atoms with E-state index < -0.39 is 0 Å². The highest BCUT2D eigenvalue weighted by atomic mass is 15.2. The lowest BCUT2D eigenvalue weighted by atomic mass is 9.89. The molecule has 2 unspecified atom stereocenters. The second-order valence-corrected chi connectivity index (χ2v) is 6.78. The van der Waals surface area contributed by atoms with Gasteiger partial charge in [-0.15, -0.1) is 0 Å². The Balaban J connectivity index is 1.97. The van der Waals surface area contributed by atoms with Crippen LogP contribution in [-0.2, 0) is 5.54 Å². The minimum atomic E-state index is 0.0998. The van der Waals surface area contributed by atoms with Crippen LogP contribution in [0.2, 0.25) is 0 Å². The Hall–Kier alpha value is -0.860. The largest absolute Gasteiger partial charge is 0.305 e. The number of hydrogen-bond acceptors (Lipinski definition) is 2. The molecule has 118 valence electrons. The highest BCUT2D eigenvalue weighted by Crippen LogP contribution is 2.25. The van der Waals surface area contributed by atoms with Gasteiger partial charge in [0.15, 0.2) is 0 Å². The van der Waals surface area contributed by atoms with Gasteiger partial charge in [-0.3, -0.25) is 4.90 Å². The first-order chi connectivity index (χ1) is 10.2. The van der Waals surface area contributed by atoms with Crippen LogP contribution in [0.15, 0.2) is 30.3 Å². The molecule has 0 aromatic heterocycles. The highest BCUT2D eigenvalue weighted by molar-refractivity contribution is 5.24. The van der Waals surface area contributed by atoms with Crippen LogP contribution in [-0.4, -0.2) is 31.1 Å². The maximum Gasteiger partial charge on any atom is 0.0535 e. The van der Waals surface area contributed by atoms with Gasteiger partial charge in [0.1, 0.15) is 0 Å². The second-order valence-electron chi connectivity index (χ2n) is 6.78. The van der Waals surface area contributed by atoms with E-state index in [0.717, 1.165) is 19.0 Å². The molecule has 1 aliphatic rings. The molecule has 2 rings (SSSR count). The Morgan fingerprint density at radius 3 is 2.67 bits per heavy atom. The number of unbranched alkanes of at least 4 members (excludes halogenated alkanes) is 1. The first-order valence-corrected chi connectivity index (χ1v) is 8.71. The summed E-state index contributed by atoms with van der Waals surface area (Å²) in [5, 5.41) is 3.73. The molecule has 0 radical (unpaired) electrons. The lowest BCUT2D eigenvalue weighted by molar-refractivity contribution is 0.120. The molecule has 2 nitrogen and oxygen atoms in total. The standard InChI is InChI=1S/C19H32N2/c1-4-6-10-17(5-2)15-21-14-13-20-19(3,16-21)18-11-8-7-9-12-18/h7-9,11-12,17,20H,4-6,10,13-16H2,1-3H3. The summed E-state index contributed by atoms with van der Waals surface area (Å²) in [6, 6.07) is 10.9. The van der Waals surface area contributed by atoms with E-state index in [4.69, 9.17) is 0 Å². The molecular formula is C19H32N2. The lowest BCUT2D eigenvalue weighted by Gasteiger charge is -2.43. The van der Waals surface area contributed by atoms with Crippen molar-refractivity contribution < 1.29 is 0 Å². The highest BCUT2D eigenvalue weighted by Gasteiger charge is 2.32. The maximum absolute atomic E-state index is 3.73. The number of benzene rings is 1. The van der Waals surface area contributed by atoms with Crippen molar-refractivity contribution in [3.8, 4) is 0 Å². The van der Waals surface area contributed by atoms with Crippen molar-refractivity contribution in [2.75, 3.05) is 26.2 Å². The molecule has 1 aromatic rings. The van der Waals surface area contributed by atoms with Crippen LogP contribution in [0.3, 0.4) is 0 Å². The Morgan fingerprint density at radius 1 is 1.24 bits per heavy atom. The van der Waals surface area contributed by atoms with Gasteiger partial charge in [0.2, 0.25) is 0 Å². The molecule has 0 spiro atoms. The molecule has 21 heavy (non-hydrogen) atoms. The zero-order valence-electron chi connectivity index (χ0n) is 14.1. The molecular weight excluding hydrogens is 256 g/mol. The molecule has 1 fully saturated rings. The quantitative estimate of drug-likeness (QED) is 0.815. The van der Waals surface area contributed by atoms with Gasteiger partial charge < -0.3 is 5.32 Å². The molecule has 2 atom stereocenters. The van der Waals surface area contributed by atoms with Gasteiger partial charge in [-0.1, -0.05) is 63.4 Å². The van der Waals surface area contributed by atoms with Crippen LogP contribution in [0.25, 0.3) is 0 Å². The predicted molar refractivity (Wildman–Crippen MR) is 91.5 cm³/mol. The minimum absolute atomic E-state index is 0.0998. The fraction of sp³-hybridized carbons (Fsp3) is 0.684. The second kappa shape index (κ2) is 7.95. The van der Waals surface area contributed by atoms with E-state index >= 15 is 0 Å². The summed E-state index contributed by atoms with van der Waals surface area (Å²) in [5.74, 6) is 0.864. The van der Waals surface area contributed by atoms with Gasteiger partial charge in [-0.25, -0.2) is 0 Å². The average Bonchev–Trinajstić information content (AvgIpc) is 2.52. The van der Waals surface area contributed by atoms with Gasteiger partial charge in [-0.2, -0.15) is 0 Å². The Bertz CT molecular complexity index is 403. The van der Waals surface area contributed by atoms with Crippen molar-refractivity contribution in [1.82, 2.24) is 10.2 Å². The summed E-state index contributed by atoms with van der Waals surface area (Å²) in [6.45, 7) is 11.7. The summed E-state index contributed by atoms with van der Waals surface area (Å²) in [4.78, 5) is 2.67. The molecule has 0 aliphatic carbocycles. The first kappa shape index (κ1) is 16.5. The first-order valence-electron chi connectivity index (χ1n) is 8.71. The molecule has 0 bridgehead atoms. The smallest absolute Gasteiger partial charge is 0.0535 e. The monoisotopic (exact) mass is 288 g/mol. The molecule has 1 aromatic carbocycles. The number of nitrogens with one attached hydrogen (secondary N) is 1. The van der Waals surface area contributed by atoms with Crippen molar-refractivity contribution in [3.05, 3.63) is 35.9 Å². The third-order valence-electron chi connectivity index (χ3n) is 4.95. The molecule has 1 heterocycles. The molecule has 0 amide bonds. The zero-order chi connectivity index (χ0) is 15.1. The van der Waals surface area contributed by atoms with Crippen molar-refractivity contribution in [2.24, 2.45) is 5.92 Å². The molecule has 1 aliphatic heterocycles. The van der Waals surface area contributed by atoms with Crippen molar-refractivity contribution in [2.45, 2.75) is 52.0 Å². The van der Waals surface area contributed by atoms with Crippen LogP contribution >= 0.6 is 0 Å². The number of hydrogen-bond donors (Lipinski definition) is 1. The van der Waals surface area contributed by atoms with E-state index in [1.807, 2.05) is 0 Å². The maximum atomic E-state index is 3.73. The topological polar surface area (TPSA) is 15.3 Å². The number of piperazine rings is 1. The molecule has 1 saturated heterocycles. The van der Waals surface area contributed by atoms with Gasteiger partial charge in [-0.05, 0) is 24.8 Å². The van der Waals surface area contributed by atoms with Crippen LogP contribution in [0.5, 0.6) is 0 Å². The van der Waals surface area contributed by atoms with E-state index in [-0.39, 0.29) is 5.54 Å². The van der Waals surface area contributed by atoms with Crippen molar-refractivity contribution in [3.63, 3.8) is 0 Å².